The number of anilines is 1. The maximum atomic E-state index is 15.4. The van der Waals surface area contributed by atoms with E-state index in [2.05, 4.69) is 46.5 Å². The van der Waals surface area contributed by atoms with E-state index >= 15 is 4.39 Å². The van der Waals surface area contributed by atoms with Crippen molar-refractivity contribution in [3.63, 3.8) is 0 Å². The molecule has 0 saturated heterocycles. The highest BCUT2D eigenvalue weighted by Gasteiger charge is 2.24. The van der Waals surface area contributed by atoms with Crippen molar-refractivity contribution in [2.45, 2.75) is 49.8 Å². The lowest BCUT2D eigenvalue weighted by molar-refractivity contribution is 0.616. The highest BCUT2D eigenvalue weighted by molar-refractivity contribution is 8.00. The minimum Gasteiger partial charge on any atom is -0.378 e. The number of benzene rings is 2. The third-order valence-corrected chi connectivity index (χ3v) is 8.94. The number of para-hydroxylation sites is 1. The zero-order valence-electron chi connectivity index (χ0n) is 23.3. The summed E-state index contributed by atoms with van der Waals surface area (Å²) in [5, 5.41) is 5.76. The number of aryl methyl sites for hydroxylation is 2. The molecule has 0 amide bonds. The summed E-state index contributed by atoms with van der Waals surface area (Å²) in [5.74, 6) is -1.18. The first-order valence-corrected chi connectivity index (χ1v) is 14.5. The Kier molecular flexibility index (Phi) is 7.11. The predicted octanol–water partition coefficient (Wildman–Crippen LogP) is 7.99. The number of thioether (sulfide) groups is 1. The Morgan fingerprint density at radius 1 is 1.00 bits per heavy atom. The average Bonchev–Trinajstić information content (AvgIpc) is 3.77. The van der Waals surface area contributed by atoms with Crippen LogP contribution in [-0.4, -0.2) is 19.8 Å². The fraction of sp³-hybridized carbons (Fsp3) is 0.242. The van der Waals surface area contributed by atoms with Crippen LogP contribution in [0.4, 0.5) is 14.5 Å². The number of nitrogens with zero attached hydrogens (tertiary/aromatic N) is 3. The molecule has 0 unspecified atom stereocenters. The van der Waals surface area contributed by atoms with Gasteiger partial charge in [0.15, 0.2) is 0 Å². The topological polar surface area (TPSA) is 59.8 Å². The van der Waals surface area contributed by atoms with Gasteiger partial charge in [-0.05, 0) is 86.5 Å². The first kappa shape index (κ1) is 27.1. The number of pyridine rings is 3. The molecule has 6 rings (SSSR count). The van der Waals surface area contributed by atoms with E-state index in [-0.39, 0.29) is 17.3 Å². The number of fused-ring (bicyclic) bond motifs is 1. The van der Waals surface area contributed by atoms with Crippen molar-refractivity contribution < 1.29 is 8.78 Å². The number of nitrogens with one attached hydrogen (secondary N) is 1. The van der Waals surface area contributed by atoms with Crippen molar-refractivity contribution in [2.24, 2.45) is 7.05 Å². The van der Waals surface area contributed by atoms with Gasteiger partial charge in [0, 0.05) is 57.3 Å². The second kappa shape index (κ2) is 10.7. The fourth-order valence-corrected chi connectivity index (χ4v) is 6.35. The van der Waals surface area contributed by atoms with Crippen molar-refractivity contribution in [3.05, 3.63) is 106 Å². The third-order valence-electron chi connectivity index (χ3n) is 7.52. The summed E-state index contributed by atoms with van der Waals surface area (Å²) >= 11 is 1.90. The quantitative estimate of drug-likeness (QED) is 0.216. The van der Waals surface area contributed by atoms with E-state index in [1.807, 2.05) is 36.9 Å². The van der Waals surface area contributed by atoms with Crippen LogP contribution in [0.3, 0.4) is 0 Å². The summed E-state index contributed by atoms with van der Waals surface area (Å²) in [4.78, 5) is 23.2. The molecule has 3 aromatic heterocycles. The van der Waals surface area contributed by atoms with Crippen LogP contribution in [-0.2, 0) is 7.05 Å². The number of aromatic nitrogens is 3. The van der Waals surface area contributed by atoms with Gasteiger partial charge in [0.25, 0.3) is 5.56 Å². The Bertz CT molecular complexity index is 1870. The molecule has 1 atom stereocenters. The zero-order chi connectivity index (χ0) is 28.8. The van der Waals surface area contributed by atoms with Gasteiger partial charge in [0.05, 0.1) is 11.9 Å². The molecule has 0 spiro atoms. The Morgan fingerprint density at radius 3 is 2.54 bits per heavy atom. The maximum absolute atomic E-state index is 15.4. The van der Waals surface area contributed by atoms with Gasteiger partial charge in [0.1, 0.15) is 17.3 Å². The normalized spacial score (nSPS) is 13.9. The largest absolute Gasteiger partial charge is 0.378 e. The van der Waals surface area contributed by atoms with Gasteiger partial charge in [0.2, 0.25) is 0 Å². The first-order valence-electron chi connectivity index (χ1n) is 13.6. The van der Waals surface area contributed by atoms with E-state index in [4.69, 9.17) is 0 Å². The second-order valence-corrected chi connectivity index (χ2v) is 12.1. The standard InChI is InChI=1S/C33H30F2N4OS/c1-18-11-24(20(3)38-29-7-5-6-8-31(29)41-23-9-10-23)26-15-30(39(4)33(40)27(26)12-18)21-13-28(35)32(37-16-21)25-14-22(34)17-36-19(25)2/h5-8,11-17,20,23,38H,9-10H2,1-4H3/t20-/m1/s1. The first-order chi connectivity index (χ1) is 19.7. The molecule has 0 aliphatic heterocycles. The van der Waals surface area contributed by atoms with Crippen LogP contribution >= 0.6 is 11.8 Å². The van der Waals surface area contributed by atoms with Crippen LogP contribution in [0.15, 0.2) is 76.7 Å². The molecule has 3 heterocycles. The minimum atomic E-state index is -0.616. The van der Waals surface area contributed by atoms with Crippen molar-refractivity contribution in [1.82, 2.24) is 14.5 Å². The molecule has 1 saturated carbocycles. The van der Waals surface area contributed by atoms with Crippen molar-refractivity contribution in [1.29, 1.82) is 0 Å². The van der Waals surface area contributed by atoms with Gasteiger partial charge in [-0.3, -0.25) is 14.8 Å². The Hall–Kier alpha value is -4.04. The lowest BCUT2D eigenvalue weighted by Gasteiger charge is -2.21. The van der Waals surface area contributed by atoms with E-state index in [9.17, 15) is 9.18 Å². The summed E-state index contributed by atoms with van der Waals surface area (Å²) in [7, 11) is 1.68. The van der Waals surface area contributed by atoms with Crippen molar-refractivity contribution in [2.75, 3.05) is 5.32 Å². The molecule has 0 bridgehead atoms. The monoisotopic (exact) mass is 568 g/mol. The lowest BCUT2D eigenvalue weighted by atomic mass is 9.96. The molecule has 2 aromatic carbocycles. The van der Waals surface area contributed by atoms with Gasteiger partial charge < -0.3 is 9.88 Å². The van der Waals surface area contributed by atoms with E-state index in [1.54, 1.807) is 14.0 Å². The Balaban J connectivity index is 1.43. The van der Waals surface area contributed by atoms with Crippen molar-refractivity contribution in [3.8, 4) is 22.5 Å². The molecule has 0 radical (unpaired) electrons. The molecular formula is C33H30F2N4OS. The molecule has 41 heavy (non-hydrogen) atoms. The molecule has 1 aliphatic rings. The van der Waals surface area contributed by atoms with Crippen LogP contribution in [0.25, 0.3) is 33.3 Å². The molecule has 1 fully saturated rings. The Labute approximate surface area is 241 Å². The number of hydrogen-bond acceptors (Lipinski definition) is 5. The van der Waals surface area contributed by atoms with Crippen LogP contribution in [0.2, 0.25) is 0 Å². The highest BCUT2D eigenvalue weighted by atomic mass is 32.2. The van der Waals surface area contributed by atoms with Crippen molar-refractivity contribution >= 4 is 28.2 Å². The zero-order valence-corrected chi connectivity index (χ0v) is 24.2. The smallest absolute Gasteiger partial charge is 0.258 e. The van der Waals surface area contributed by atoms with E-state index in [1.165, 1.54) is 40.6 Å². The van der Waals surface area contributed by atoms with Gasteiger partial charge in [-0.25, -0.2) is 8.78 Å². The summed E-state index contributed by atoms with van der Waals surface area (Å²) in [5.41, 5.74) is 4.64. The van der Waals surface area contributed by atoms with E-state index in [0.29, 0.717) is 33.2 Å². The SMILES string of the molecule is Cc1cc([C@@H](C)Nc2ccccc2SC2CC2)c2cc(-c3cnc(-c4cc(F)cnc4C)c(F)c3)n(C)c(=O)c2c1. The molecule has 5 aromatic rings. The summed E-state index contributed by atoms with van der Waals surface area (Å²) in [6.07, 6.45) is 5.11. The summed E-state index contributed by atoms with van der Waals surface area (Å²) in [6, 6.07) is 16.7. The summed E-state index contributed by atoms with van der Waals surface area (Å²) in [6.45, 7) is 5.76. The third kappa shape index (κ3) is 5.36. The molecule has 208 valence electrons. The number of hydrogen-bond donors (Lipinski definition) is 1. The molecular weight excluding hydrogens is 538 g/mol. The summed E-state index contributed by atoms with van der Waals surface area (Å²) < 4.78 is 30.8. The van der Waals surface area contributed by atoms with E-state index in [0.717, 1.165) is 28.4 Å². The lowest BCUT2D eigenvalue weighted by Crippen LogP contribution is -2.20. The van der Waals surface area contributed by atoms with Crippen LogP contribution < -0.4 is 10.9 Å². The Morgan fingerprint density at radius 2 is 1.78 bits per heavy atom. The highest BCUT2D eigenvalue weighted by Crippen LogP contribution is 2.43. The predicted molar refractivity (Wildman–Crippen MR) is 162 cm³/mol. The van der Waals surface area contributed by atoms with Crippen LogP contribution in [0.1, 0.15) is 42.6 Å². The average molecular weight is 569 g/mol. The number of halogens is 2. The molecule has 1 aliphatic carbocycles. The van der Waals surface area contributed by atoms with Crippen LogP contribution in [0.5, 0.6) is 0 Å². The van der Waals surface area contributed by atoms with Gasteiger partial charge in [-0.15, -0.1) is 11.8 Å². The van der Waals surface area contributed by atoms with Gasteiger partial charge in [-0.2, -0.15) is 0 Å². The van der Waals surface area contributed by atoms with Crippen LogP contribution in [0, 0.1) is 25.5 Å². The second-order valence-electron chi connectivity index (χ2n) is 10.7. The van der Waals surface area contributed by atoms with Gasteiger partial charge in [-0.1, -0.05) is 18.2 Å². The minimum absolute atomic E-state index is 0.0147. The molecule has 8 heteroatoms. The maximum Gasteiger partial charge on any atom is 0.258 e. The number of rotatable bonds is 7. The van der Waals surface area contributed by atoms with E-state index < -0.39 is 11.6 Å². The molecule has 1 N–H and O–H groups in total. The fourth-order valence-electron chi connectivity index (χ4n) is 5.21. The van der Waals surface area contributed by atoms with Gasteiger partial charge >= 0.3 is 0 Å². The molecule has 5 nitrogen and oxygen atoms in total.